The highest BCUT2D eigenvalue weighted by atomic mass is 35.5. The molecular weight excluding hydrogens is 371 g/mol. The summed E-state index contributed by atoms with van der Waals surface area (Å²) in [5.74, 6) is -0.991. The van der Waals surface area contributed by atoms with Crippen molar-refractivity contribution in [3.63, 3.8) is 0 Å². The van der Waals surface area contributed by atoms with Crippen LogP contribution in [0.15, 0.2) is 78.9 Å². The van der Waals surface area contributed by atoms with Crippen molar-refractivity contribution in [3.8, 4) is 0 Å². The average molecular weight is 385 g/mol. The molecule has 1 atom stereocenters. The fourth-order valence-electron chi connectivity index (χ4n) is 2.48. The molecule has 0 heterocycles. The SMILES string of the molecule is O=C(O[C@H](C(=O)c1ccccc1)c1cccc(Cl)c1Cl)c1ccccc1. The molecule has 0 radical (unpaired) electrons. The number of carbonyl (C=O) groups excluding carboxylic acids is 2. The first-order chi connectivity index (χ1) is 12.6. The van der Waals surface area contributed by atoms with Gasteiger partial charge in [-0.2, -0.15) is 0 Å². The molecule has 3 aromatic carbocycles. The molecule has 0 saturated heterocycles. The maximum absolute atomic E-state index is 13.0. The van der Waals surface area contributed by atoms with Gasteiger partial charge in [0, 0.05) is 11.1 Å². The number of Topliss-reactive ketones (excluding diaryl/α,β-unsaturated/α-hetero) is 1. The smallest absolute Gasteiger partial charge is 0.339 e. The Morgan fingerprint density at radius 2 is 1.31 bits per heavy atom. The number of hydrogen-bond acceptors (Lipinski definition) is 3. The van der Waals surface area contributed by atoms with Gasteiger partial charge in [-0.05, 0) is 18.2 Å². The number of benzene rings is 3. The fraction of sp³-hybridized carbons (Fsp3) is 0.0476. The van der Waals surface area contributed by atoms with Crippen LogP contribution in [0.2, 0.25) is 10.0 Å². The Hall–Kier alpha value is -2.62. The molecule has 0 fully saturated rings. The van der Waals surface area contributed by atoms with Gasteiger partial charge in [-0.3, -0.25) is 4.79 Å². The van der Waals surface area contributed by atoms with Gasteiger partial charge in [0.15, 0.2) is 6.10 Å². The van der Waals surface area contributed by atoms with Crippen LogP contribution in [0.4, 0.5) is 0 Å². The van der Waals surface area contributed by atoms with E-state index in [4.69, 9.17) is 27.9 Å². The van der Waals surface area contributed by atoms with E-state index in [-0.39, 0.29) is 15.8 Å². The van der Waals surface area contributed by atoms with E-state index in [2.05, 4.69) is 0 Å². The summed E-state index contributed by atoms with van der Waals surface area (Å²) in [7, 11) is 0. The standard InChI is InChI=1S/C21H14Cl2O3/c22-17-13-7-12-16(18(17)23)20(19(24)14-8-3-1-4-9-14)26-21(25)15-10-5-2-6-11-15/h1-13,20H/t20-/m0/s1. The first-order valence-corrected chi connectivity index (χ1v) is 8.62. The third-order valence-corrected chi connectivity index (χ3v) is 4.63. The molecule has 0 aromatic heterocycles. The highest BCUT2D eigenvalue weighted by Crippen LogP contribution is 2.34. The summed E-state index contributed by atoms with van der Waals surface area (Å²) >= 11 is 12.4. The lowest BCUT2D eigenvalue weighted by atomic mass is 9.99. The predicted molar refractivity (Wildman–Crippen MR) is 102 cm³/mol. The van der Waals surface area contributed by atoms with E-state index in [1.807, 2.05) is 0 Å². The van der Waals surface area contributed by atoms with Gasteiger partial charge in [0.25, 0.3) is 0 Å². The van der Waals surface area contributed by atoms with Gasteiger partial charge >= 0.3 is 5.97 Å². The van der Waals surface area contributed by atoms with E-state index >= 15 is 0 Å². The largest absolute Gasteiger partial charge is 0.445 e. The van der Waals surface area contributed by atoms with E-state index in [0.717, 1.165) is 0 Å². The summed E-state index contributed by atoms with van der Waals surface area (Å²) in [5, 5.41) is 0.468. The third-order valence-electron chi connectivity index (χ3n) is 3.79. The Kier molecular flexibility index (Phi) is 5.71. The van der Waals surface area contributed by atoms with Crippen molar-refractivity contribution in [2.45, 2.75) is 6.10 Å². The first kappa shape index (κ1) is 18.2. The zero-order chi connectivity index (χ0) is 18.5. The summed E-state index contributed by atoms with van der Waals surface area (Å²) in [4.78, 5) is 25.5. The van der Waals surface area contributed by atoms with Gasteiger partial charge in [-0.15, -0.1) is 0 Å². The van der Waals surface area contributed by atoms with Gasteiger partial charge in [0.05, 0.1) is 15.6 Å². The second-order valence-electron chi connectivity index (χ2n) is 5.52. The molecule has 0 N–H and O–H groups in total. The molecule has 0 saturated carbocycles. The van der Waals surface area contributed by atoms with Crippen LogP contribution in [0.3, 0.4) is 0 Å². The van der Waals surface area contributed by atoms with Crippen molar-refractivity contribution in [3.05, 3.63) is 106 Å². The monoisotopic (exact) mass is 384 g/mol. The second-order valence-corrected chi connectivity index (χ2v) is 6.31. The van der Waals surface area contributed by atoms with Crippen LogP contribution in [0, 0.1) is 0 Å². The number of carbonyl (C=O) groups is 2. The molecule has 3 aromatic rings. The maximum atomic E-state index is 13.0. The summed E-state index contributed by atoms with van der Waals surface area (Å²) in [5.41, 5.74) is 1.10. The second kappa shape index (κ2) is 8.17. The van der Waals surface area contributed by atoms with Crippen molar-refractivity contribution >= 4 is 35.0 Å². The molecule has 3 rings (SSSR count). The molecule has 26 heavy (non-hydrogen) atoms. The molecule has 0 spiro atoms. The Balaban J connectivity index is 2.00. The molecule has 3 nitrogen and oxygen atoms in total. The summed E-state index contributed by atoms with van der Waals surface area (Å²) in [6, 6.07) is 21.9. The van der Waals surface area contributed by atoms with Crippen molar-refractivity contribution in [1.82, 2.24) is 0 Å². The zero-order valence-corrected chi connectivity index (χ0v) is 15.1. The minimum Gasteiger partial charge on any atom is -0.445 e. The zero-order valence-electron chi connectivity index (χ0n) is 13.6. The van der Waals surface area contributed by atoms with E-state index in [0.29, 0.717) is 16.7 Å². The Morgan fingerprint density at radius 1 is 0.731 bits per heavy atom. The van der Waals surface area contributed by atoms with E-state index < -0.39 is 12.1 Å². The molecule has 0 aliphatic carbocycles. The first-order valence-electron chi connectivity index (χ1n) is 7.87. The van der Waals surface area contributed by atoms with Crippen LogP contribution < -0.4 is 0 Å². The quantitative estimate of drug-likeness (QED) is 0.413. The summed E-state index contributed by atoms with van der Waals surface area (Å²) in [6.45, 7) is 0. The Morgan fingerprint density at radius 3 is 1.92 bits per heavy atom. The van der Waals surface area contributed by atoms with Crippen LogP contribution in [-0.2, 0) is 4.74 Å². The van der Waals surface area contributed by atoms with Crippen molar-refractivity contribution < 1.29 is 14.3 Å². The number of ether oxygens (including phenoxy) is 1. The number of rotatable bonds is 5. The van der Waals surface area contributed by atoms with Crippen LogP contribution in [0.5, 0.6) is 0 Å². The van der Waals surface area contributed by atoms with Crippen LogP contribution in [0.25, 0.3) is 0 Å². The van der Waals surface area contributed by atoms with Crippen molar-refractivity contribution in [2.24, 2.45) is 0 Å². The molecule has 0 amide bonds. The summed E-state index contributed by atoms with van der Waals surface area (Å²) in [6.07, 6.45) is -1.20. The van der Waals surface area contributed by atoms with Crippen LogP contribution in [-0.4, -0.2) is 11.8 Å². The van der Waals surface area contributed by atoms with Gasteiger partial charge in [-0.1, -0.05) is 83.9 Å². The number of halogens is 2. The highest BCUT2D eigenvalue weighted by molar-refractivity contribution is 6.42. The van der Waals surface area contributed by atoms with E-state index in [1.165, 1.54) is 0 Å². The Labute approximate surface area is 161 Å². The van der Waals surface area contributed by atoms with Crippen LogP contribution >= 0.6 is 23.2 Å². The van der Waals surface area contributed by atoms with Gasteiger partial charge in [-0.25, -0.2) is 4.79 Å². The lowest BCUT2D eigenvalue weighted by Crippen LogP contribution is -2.20. The van der Waals surface area contributed by atoms with Crippen molar-refractivity contribution in [1.29, 1.82) is 0 Å². The van der Waals surface area contributed by atoms with E-state index in [1.54, 1.807) is 78.9 Å². The molecule has 0 aliphatic rings. The van der Waals surface area contributed by atoms with Gasteiger partial charge < -0.3 is 4.74 Å². The minimum atomic E-state index is -1.20. The van der Waals surface area contributed by atoms with Gasteiger partial charge in [0.1, 0.15) is 0 Å². The number of esters is 1. The molecule has 130 valence electrons. The lowest BCUT2D eigenvalue weighted by Gasteiger charge is -2.19. The number of ketones is 1. The molecule has 5 heteroatoms. The van der Waals surface area contributed by atoms with Crippen LogP contribution in [0.1, 0.15) is 32.4 Å². The maximum Gasteiger partial charge on any atom is 0.339 e. The molecule has 0 unspecified atom stereocenters. The normalized spacial score (nSPS) is 11.6. The van der Waals surface area contributed by atoms with E-state index in [9.17, 15) is 9.59 Å². The topological polar surface area (TPSA) is 43.4 Å². The molecular formula is C21H14Cl2O3. The average Bonchev–Trinajstić information content (AvgIpc) is 2.69. The number of hydrogen-bond donors (Lipinski definition) is 0. The predicted octanol–water partition coefficient (Wildman–Crippen LogP) is 5.77. The summed E-state index contributed by atoms with van der Waals surface area (Å²) < 4.78 is 5.54. The van der Waals surface area contributed by atoms with Crippen molar-refractivity contribution in [2.75, 3.05) is 0 Å². The lowest BCUT2D eigenvalue weighted by molar-refractivity contribution is 0.0280. The Bertz CT molecular complexity index is 925. The minimum absolute atomic E-state index is 0.185. The van der Waals surface area contributed by atoms with Gasteiger partial charge in [0.2, 0.25) is 5.78 Å². The highest BCUT2D eigenvalue weighted by Gasteiger charge is 2.29. The fourth-order valence-corrected chi connectivity index (χ4v) is 2.89. The molecule has 0 aliphatic heterocycles. The molecule has 0 bridgehead atoms. The third kappa shape index (κ3) is 3.96.